The highest BCUT2D eigenvalue weighted by Crippen LogP contribution is 2.31. The first kappa shape index (κ1) is 18.5. The zero-order valence-corrected chi connectivity index (χ0v) is 15.1. The predicted molar refractivity (Wildman–Crippen MR) is 103 cm³/mol. The van der Waals surface area contributed by atoms with Crippen molar-refractivity contribution in [2.75, 3.05) is 6.54 Å². The highest BCUT2D eigenvalue weighted by atomic mass is 32.1. The summed E-state index contributed by atoms with van der Waals surface area (Å²) in [6.45, 7) is 0.393. The molecule has 8 nitrogen and oxygen atoms in total. The average molecular weight is 383 g/mol. The van der Waals surface area contributed by atoms with Crippen molar-refractivity contribution in [1.29, 1.82) is 5.53 Å². The van der Waals surface area contributed by atoms with E-state index in [-0.39, 0.29) is 12.3 Å². The van der Waals surface area contributed by atoms with Gasteiger partial charge in [-0.05, 0) is 42.8 Å². The van der Waals surface area contributed by atoms with Gasteiger partial charge in [-0.25, -0.2) is 10.5 Å². The van der Waals surface area contributed by atoms with Crippen LogP contribution in [0.5, 0.6) is 10.9 Å². The zero-order chi connectivity index (χ0) is 19.1. The third-order valence-electron chi connectivity index (χ3n) is 3.56. The number of hydrazone groups is 1. The Balaban J connectivity index is 1.62. The highest BCUT2D eigenvalue weighted by molar-refractivity contribution is 7.20. The van der Waals surface area contributed by atoms with E-state index < -0.39 is 5.97 Å². The first-order valence-electron chi connectivity index (χ1n) is 8.19. The number of nitrogens with zero attached hydrogens (tertiary/aromatic N) is 3. The molecule has 0 saturated heterocycles. The van der Waals surface area contributed by atoms with Crippen molar-refractivity contribution in [3.05, 3.63) is 54.1 Å². The molecular weight excluding hydrogens is 366 g/mol. The van der Waals surface area contributed by atoms with Crippen molar-refractivity contribution in [3.8, 4) is 10.9 Å². The molecule has 138 valence electrons. The van der Waals surface area contributed by atoms with E-state index in [2.05, 4.69) is 20.6 Å². The lowest BCUT2D eigenvalue weighted by Crippen LogP contribution is -2.12. The number of aliphatic carboxylic acids is 1. The third kappa shape index (κ3) is 5.08. The number of carboxylic acids is 1. The summed E-state index contributed by atoms with van der Waals surface area (Å²) in [5, 5.41) is 16.6. The van der Waals surface area contributed by atoms with Gasteiger partial charge in [-0.15, -0.1) is 5.11 Å². The molecule has 0 radical (unpaired) electrons. The van der Waals surface area contributed by atoms with Crippen LogP contribution in [0.2, 0.25) is 0 Å². The minimum Gasteiger partial charge on any atom is -0.481 e. The van der Waals surface area contributed by atoms with E-state index in [0.717, 1.165) is 10.2 Å². The fraction of sp³-hybridized carbons (Fsp3) is 0.167. The van der Waals surface area contributed by atoms with Crippen LogP contribution in [0.15, 0.2) is 58.7 Å². The van der Waals surface area contributed by atoms with Crippen molar-refractivity contribution in [2.24, 2.45) is 10.2 Å². The quantitative estimate of drug-likeness (QED) is 0.177. The van der Waals surface area contributed by atoms with E-state index in [1.54, 1.807) is 24.3 Å². The lowest BCUT2D eigenvalue weighted by atomic mass is 10.2. The molecular formula is C18H17N5O3S. The molecule has 0 aliphatic heterocycles. The Labute approximate surface area is 159 Å². The molecule has 3 N–H and O–H groups in total. The van der Waals surface area contributed by atoms with Gasteiger partial charge < -0.3 is 15.3 Å². The molecule has 0 unspecified atom stereocenters. The van der Waals surface area contributed by atoms with E-state index in [1.165, 1.54) is 11.3 Å². The first-order chi connectivity index (χ1) is 13.2. The number of amidine groups is 1. The lowest BCUT2D eigenvalue weighted by molar-refractivity contribution is -0.137. The van der Waals surface area contributed by atoms with E-state index in [4.69, 9.17) is 15.4 Å². The molecule has 0 bridgehead atoms. The van der Waals surface area contributed by atoms with Gasteiger partial charge in [0.05, 0.1) is 10.2 Å². The van der Waals surface area contributed by atoms with E-state index in [1.807, 2.05) is 24.3 Å². The highest BCUT2D eigenvalue weighted by Gasteiger charge is 2.07. The van der Waals surface area contributed by atoms with Crippen molar-refractivity contribution in [2.45, 2.75) is 12.8 Å². The van der Waals surface area contributed by atoms with Crippen molar-refractivity contribution < 1.29 is 14.6 Å². The number of hydrogen-bond acceptors (Lipinski definition) is 7. The molecule has 0 atom stereocenters. The number of para-hydroxylation sites is 1. The van der Waals surface area contributed by atoms with Gasteiger partial charge in [-0.3, -0.25) is 4.79 Å². The summed E-state index contributed by atoms with van der Waals surface area (Å²) in [6, 6.07) is 14.8. The summed E-state index contributed by atoms with van der Waals surface area (Å²) < 4.78 is 6.84. The van der Waals surface area contributed by atoms with Gasteiger partial charge in [0.25, 0.3) is 5.19 Å². The van der Waals surface area contributed by atoms with Crippen LogP contribution in [0.25, 0.3) is 10.2 Å². The Hall–Kier alpha value is -3.33. The Morgan fingerprint density at radius 3 is 2.70 bits per heavy atom. The third-order valence-corrected chi connectivity index (χ3v) is 4.48. The van der Waals surface area contributed by atoms with Gasteiger partial charge in [-0.1, -0.05) is 23.5 Å². The van der Waals surface area contributed by atoms with Gasteiger partial charge in [-0.2, -0.15) is 5.10 Å². The molecule has 2 aromatic carbocycles. The van der Waals surface area contributed by atoms with E-state index >= 15 is 0 Å². The normalized spacial score (nSPS) is 11.3. The SMILES string of the molecule is N=N/C(=N\NCCCC(=O)O)c1ccc(Oc2nc3ccccc3s2)cc1. The van der Waals surface area contributed by atoms with Crippen LogP contribution in [0, 0.1) is 5.53 Å². The maximum Gasteiger partial charge on any atom is 0.303 e. The van der Waals surface area contributed by atoms with Gasteiger partial charge in [0.2, 0.25) is 0 Å². The second-order valence-electron chi connectivity index (χ2n) is 5.53. The fourth-order valence-electron chi connectivity index (χ4n) is 2.27. The lowest BCUT2D eigenvalue weighted by Gasteiger charge is -2.04. The fourth-order valence-corrected chi connectivity index (χ4v) is 3.11. The Kier molecular flexibility index (Phi) is 6.06. The van der Waals surface area contributed by atoms with Crippen LogP contribution in [0.4, 0.5) is 0 Å². The van der Waals surface area contributed by atoms with Gasteiger partial charge in [0.15, 0.2) is 5.84 Å². The minimum absolute atomic E-state index is 0.0632. The predicted octanol–water partition coefficient (Wildman–Crippen LogP) is 4.24. The molecule has 0 fully saturated rings. The van der Waals surface area contributed by atoms with Crippen molar-refractivity contribution in [1.82, 2.24) is 10.4 Å². The average Bonchev–Trinajstić information content (AvgIpc) is 3.07. The summed E-state index contributed by atoms with van der Waals surface area (Å²) in [5.74, 6) is -0.0247. The maximum absolute atomic E-state index is 10.5. The second kappa shape index (κ2) is 8.86. The molecule has 1 heterocycles. The standard InChI is InChI=1S/C18H17N5O3S/c19-22-17(23-20-11-3-6-16(24)25)12-7-9-13(10-8-12)26-18-21-14-4-1-2-5-15(14)27-18/h1-2,4-5,7-10,19-20H,3,6,11H2,(H,24,25)/b22-19?,23-17-. The molecule has 0 amide bonds. The monoisotopic (exact) mass is 383 g/mol. The Morgan fingerprint density at radius 2 is 2.00 bits per heavy atom. The molecule has 27 heavy (non-hydrogen) atoms. The van der Waals surface area contributed by atoms with Crippen LogP contribution in [-0.4, -0.2) is 28.4 Å². The Bertz CT molecular complexity index is 936. The summed E-state index contributed by atoms with van der Waals surface area (Å²) in [7, 11) is 0. The number of fused-ring (bicyclic) bond motifs is 1. The molecule has 0 aliphatic carbocycles. The van der Waals surface area contributed by atoms with Crippen molar-refractivity contribution >= 4 is 33.4 Å². The van der Waals surface area contributed by atoms with Crippen LogP contribution < -0.4 is 10.2 Å². The molecule has 1 aromatic heterocycles. The number of carboxylic acid groups (broad SMARTS) is 1. The van der Waals surface area contributed by atoms with E-state index in [9.17, 15) is 4.79 Å². The zero-order valence-electron chi connectivity index (χ0n) is 14.3. The second-order valence-corrected chi connectivity index (χ2v) is 6.52. The molecule has 0 aliphatic rings. The van der Waals surface area contributed by atoms with Gasteiger partial charge in [0.1, 0.15) is 5.75 Å². The number of aromatic nitrogens is 1. The minimum atomic E-state index is -0.852. The summed E-state index contributed by atoms with van der Waals surface area (Å²) in [4.78, 5) is 14.9. The van der Waals surface area contributed by atoms with Gasteiger partial charge in [0, 0.05) is 18.5 Å². The summed E-state index contributed by atoms with van der Waals surface area (Å²) >= 11 is 1.47. The molecule has 3 aromatic rings. The van der Waals surface area contributed by atoms with Crippen LogP contribution >= 0.6 is 11.3 Å². The number of hydrogen-bond donors (Lipinski definition) is 3. The molecule has 0 saturated carbocycles. The van der Waals surface area contributed by atoms with Crippen molar-refractivity contribution in [3.63, 3.8) is 0 Å². The van der Waals surface area contributed by atoms with Gasteiger partial charge >= 0.3 is 5.97 Å². The number of rotatable bonds is 8. The summed E-state index contributed by atoms with van der Waals surface area (Å²) in [6.07, 6.45) is 0.507. The smallest absolute Gasteiger partial charge is 0.303 e. The largest absolute Gasteiger partial charge is 0.481 e. The Morgan fingerprint density at radius 1 is 1.22 bits per heavy atom. The molecule has 3 rings (SSSR count). The number of nitrogens with one attached hydrogen (secondary N) is 2. The van der Waals surface area contributed by atoms with Crippen LogP contribution in [0.3, 0.4) is 0 Å². The van der Waals surface area contributed by atoms with Crippen LogP contribution in [0.1, 0.15) is 18.4 Å². The number of thiazole rings is 1. The number of carbonyl (C=O) groups is 1. The number of ether oxygens (including phenoxy) is 1. The maximum atomic E-state index is 10.5. The number of benzene rings is 2. The topological polar surface area (TPSA) is 120 Å². The van der Waals surface area contributed by atoms with E-state index in [0.29, 0.717) is 29.5 Å². The van der Waals surface area contributed by atoms with Crippen LogP contribution in [-0.2, 0) is 4.79 Å². The molecule has 9 heteroatoms. The first-order valence-corrected chi connectivity index (χ1v) is 9.01. The molecule has 0 spiro atoms. The summed E-state index contributed by atoms with van der Waals surface area (Å²) in [5.41, 5.74) is 11.5.